The summed E-state index contributed by atoms with van der Waals surface area (Å²) in [6.45, 7) is 5.79. The molecular formula is C14H13ClOS. The fourth-order valence-corrected chi connectivity index (χ4v) is 2.85. The van der Waals surface area contributed by atoms with Crippen LogP contribution in [-0.4, -0.2) is 5.78 Å². The first-order valence-electron chi connectivity index (χ1n) is 5.36. The van der Waals surface area contributed by atoms with Crippen LogP contribution in [-0.2, 0) is 0 Å². The molecule has 88 valence electrons. The van der Waals surface area contributed by atoms with E-state index in [4.69, 9.17) is 11.6 Å². The molecule has 0 saturated carbocycles. The van der Waals surface area contributed by atoms with Crippen molar-refractivity contribution in [2.24, 2.45) is 0 Å². The third kappa shape index (κ3) is 2.28. The first-order valence-corrected chi connectivity index (χ1v) is 6.62. The average Bonchev–Trinajstić information content (AvgIpc) is 2.69. The second-order valence-electron chi connectivity index (χ2n) is 4.18. The zero-order chi connectivity index (χ0) is 12.6. The van der Waals surface area contributed by atoms with Gasteiger partial charge in [-0.3, -0.25) is 4.79 Å². The first-order chi connectivity index (χ1) is 8.00. The molecule has 0 N–H and O–H groups in total. The lowest BCUT2D eigenvalue weighted by atomic mass is 10.00. The van der Waals surface area contributed by atoms with Crippen molar-refractivity contribution in [2.75, 3.05) is 0 Å². The maximum atomic E-state index is 12.4. The third-order valence-electron chi connectivity index (χ3n) is 2.82. The molecule has 0 atom stereocenters. The molecule has 0 spiro atoms. The van der Waals surface area contributed by atoms with Gasteiger partial charge in [0.15, 0.2) is 0 Å². The monoisotopic (exact) mass is 264 g/mol. The van der Waals surface area contributed by atoms with Gasteiger partial charge in [-0.15, -0.1) is 11.3 Å². The minimum Gasteiger partial charge on any atom is -0.288 e. The van der Waals surface area contributed by atoms with Crippen molar-refractivity contribution in [1.29, 1.82) is 0 Å². The van der Waals surface area contributed by atoms with E-state index in [2.05, 4.69) is 0 Å². The number of hydrogen-bond donors (Lipinski definition) is 0. The van der Waals surface area contributed by atoms with Crippen LogP contribution in [0.15, 0.2) is 23.6 Å². The number of aryl methyl sites for hydroxylation is 3. The van der Waals surface area contributed by atoms with E-state index in [1.807, 2.05) is 44.4 Å². The van der Waals surface area contributed by atoms with E-state index in [9.17, 15) is 4.79 Å². The Bertz CT molecular complexity index is 584. The molecule has 0 amide bonds. The quantitative estimate of drug-likeness (QED) is 0.727. The van der Waals surface area contributed by atoms with Gasteiger partial charge in [-0.05, 0) is 61.0 Å². The van der Waals surface area contributed by atoms with Crippen LogP contribution in [0, 0.1) is 20.8 Å². The summed E-state index contributed by atoms with van der Waals surface area (Å²) in [6.07, 6.45) is 0. The number of hydrogen-bond acceptors (Lipinski definition) is 2. The number of benzene rings is 1. The predicted molar refractivity (Wildman–Crippen MR) is 73.4 cm³/mol. The molecule has 17 heavy (non-hydrogen) atoms. The van der Waals surface area contributed by atoms with Crippen LogP contribution in [0.4, 0.5) is 0 Å². The fourth-order valence-electron chi connectivity index (χ4n) is 1.75. The molecule has 3 heteroatoms. The number of rotatable bonds is 2. The normalized spacial score (nSPS) is 10.6. The van der Waals surface area contributed by atoms with E-state index in [0.717, 1.165) is 27.1 Å². The maximum Gasteiger partial charge on any atom is 0.203 e. The van der Waals surface area contributed by atoms with Crippen molar-refractivity contribution in [1.82, 2.24) is 0 Å². The highest BCUT2D eigenvalue weighted by molar-refractivity contribution is 7.12. The summed E-state index contributed by atoms with van der Waals surface area (Å²) < 4.78 is 0. The second-order valence-corrected chi connectivity index (χ2v) is 5.50. The Morgan fingerprint density at radius 3 is 2.41 bits per heavy atom. The minimum atomic E-state index is 0.0924. The highest BCUT2D eigenvalue weighted by Crippen LogP contribution is 2.25. The number of carbonyl (C=O) groups is 1. The van der Waals surface area contributed by atoms with Crippen molar-refractivity contribution in [2.45, 2.75) is 20.8 Å². The standard InChI is InChI=1S/C14H13ClOS/c1-8-4-5-17-14(8)13(16)11-6-10(3)12(15)7-9(11)2/h4-7H,1-3H3. The van der Waals surface area contributed by atoms with E-state index in [1.165, 1.54) is 11.3 Å². The van der Waals surface area contributed by atoms with Gasteiger partial charge in [0, 0.05) is 10.6 Å². The molecule has 0 unspecified atom stereocenters. The molecule has 0 radical (unpaired) electrons. The minimum absolute atomic E-state index is 0.0924. The molecule has 0 aliphatic heterocycles. The van der Waals surface area contributed by atoms with Gasteiger partial charge in [0.25, 0.3) is 0 Å². The van der Waals surface area contributed by atoms with Gasteiger partial charge in [0.1, 0.15) is 0 Å². The van der Waals surface area contributed by atoms with Crippen molar-refractivity contribution < 1.29 is 4.79 Å². The molecule has 0 saturated heterocycles. The highest BCUT2D eigenvalue weighted by Gasteiger charge is 2.16. The Hall–Kier alpha value is -1.12. The molecule has 1 nitrogen and oxygen atoms in total. The topological polar surface area (TPSA) is 17.1 Å². The van der Waals surface area contributed by atoms with E-state index in [-0.39, 0.29) is 5.78 Å². The predicted octanol–water partition coefficient (Wildman–Crippen LogP) is 4.56. The van der Waals surface area contributed by atoms with Gasteiger partial charge in [0.05, 0.1) is 4.88 Å². The second kappa shape index (κ2) is 4.63. The average molecular weight is 265 g/mol. The van der Waals surface area contributed by atoms with Crippen molar-refractivity contribution in [3.05, 3.63) is 55.7 Å². The number of ketones is 1. The summed E-state index contributed by atoms with van der Waals surface area (Å²) in [4.78, 5) is 13.2. The third-order valence-corrected chi connectivity index (χ3v) is 4.24. The number of thiophene rings is 1. The molecule has 2 aromatic rings. The first kappa shape index (κ1) is 12.3. The summed E-state index contributed by atoms with van der Waals surface area (Å²) in [7, 11) is 0. The van der Waals surface area contributed by atoms with Crippen molar-refractivity contribution >= 4 is 28.7 Å². The SMILES string of the molecule is Cc1cc(C(=O)c2sccc2C)c(C)cc1Cl. The van der Waals surface area contributed by atoms with Gasteiger partial charge in [0.2, 0.25) is 5.78 Å². The molecule has 1 aromatic heterocycles. The summed E-state index contributed by atoms with van der Waals surface area (Å²) in [5.74, 6) is 0.0924. The molecular weight excluding hydrogens is 252 g/mol. The van der Waals surface area contributed by atoms with Gasteiger partial charge >= 0.3 is 0 Å². The van der Waals surface area contributed by atoms with Gasteiger partial charge < -0.3 is 0 Å². The maximum absolute atomic E-state index is 12.4. The highest BCUT2D eigenvalue weighted by atomic mass is 35.5. The Morgan fingerprint density at radius 2 is 1.82 bits per heavy atom. The van der Waals surface area contributed by atoms with Crippen LogP contribution in [0.5, 0.6) is 0 Å². The van der Waals surface area contributed by atoms with Crippen LogP contribution in [0.3, 0.4) is 0 Å². The van der Waals surface area contributed by atoms with Gasteiger partial charge in [-0.25, -0.2) is 0 Å². The molecule has 2 rings (SSSR count). The van der Waals surface area contributed by atoms with E-state index in [0.29, 0.717) is 5.02 Å². The summed E-state index contributed by atoms with van der Waals surface area (Å²) >= 11 is 7.53. The Balaban J connectivity index is 2.52. The smallest absolute Gasteiger partial charge is 0.203 e. The molecule has 0 aliphatic carbocycles. The Kier molecular flexibility index (Phi) is 3.36. The van der Waals surface area contributed by atoms with E-state index >= 15 is 0 Å². The lowest BCUT2D eigenvalue weighted by Crippen LogP contribution is -2.03. The van der Waals surface area contributed by atoms with E-state index < -0.39 is 0 Å². The van der Waals surface area contributed by atoms with Crippen LogP contribution in [0.2, 0.25) is 5.02 Å². The largest absolute Gasteiger partial charge is 0.288 e. The zero-order valence-electron chi connectivity index (χ0n) is 10.0. The summed E-state index contributed by atoms with van der Waals surface area (Å²) in [5.41, 5.74) is 3.65. The number of carbonyl (C=O) groups excluding carboxylic acids is 1. The summed E-state index contributed by atoms with van der Waals surface area (Å²) in [6, 6.07) is 5.70. The van der Waals surface area contributed by atoms with Gasteiger partial charge in [-0.1, -0.05) is 11.6 Å². The zero-order valence-corrected chi connectivity index (χ0v) is 11.6. The fraction of sp³-hybridized carbons (Fsp3) is 0.214. The Morgan fingerprint density at radius 1 is 1.12 bits per heavy atom. The van der Waals surface area contributed by atoms with Crippen LogP contribution < -0.4 is 0 Å². The van der Waals surface area contributed by atoms with Crippen molar-refractivity contribution in [3.8, 4) is 0 Å². The molecule has 1 aromatic carbocycles. The van der Waals surface area contributed by atoms with Crippen LogP contribution >= 0.6 is 22.9 Å². The summed E-state index contributed by atoms with van der Waals surface area (Å²) in [5, 5.41) is 2.66. The molecule has 1 heterocycles. The molecule has 0 bridgehead atoms. The lowest BCUT2D eigenvalue weighted by Gasteiger charge is -2.07. The van der Waals surface area contributed by atoms with Gasteiger partial charge in [-0.2, -0.15) is 0 Å². The Labute approximate surface area is 110 Å². The number of halogens is 1. The van der Waals surface area contributed by atoms with Crippen LogP contribution in [0.25, 0.3) is 0 Å². The lowest BCUT2D eigenvalue weighted by molar-refractivity contribution is 0.104. The van der Waals surface area contributed by atoms with E-state index in [1.54, 1.807) is 0 Å². The molecule has 0 aliphatic rings. The van der Waals surface area contributed by atoms with Crippen molar-refractivity contribution in [3.63, 3.8) is 0 Å². The molecule has 0 fully saturated rings. The van der Waals surface area contributed by atoms with Crippen LogP contribution in [0.1, 0.15) is 31.9 Å².